The average Bonchev–Trinajstić information content (AvgIpc) is 2.81. The zero-order valence-electron chi connectivity index (χ0n) is 10.1. The van der Waals surface area contributed by atoms with Gasteiger partial charge in [0.15, 0.2) is 0 Å². The summed E-state index contributed by atoms with van der Waals surface area (Å²) in [6.07, 6.45) is 3.88. The lowest BCUT2D eigenvalue weighted by Crippen LogP contribution is -1.88. The van der Waals surface area contributed by atoms with Crippen molar-refractivity contribution in [1.82, 2.24) is 10.2 Å². The first-order valence-corrected chi connectivity index (χ1v) is 6.28. The molecule has 0 aliphatic heterocycles. The monoisotopic (exact) mass is 269 g/mol. The van der Waals surface area contributed by atoms with Gasteiger partial charge >= 0.3 is 0 Å². The van der Waals surface area contributed by atoms with E-state index in [-0.39, 0.29) is 0 Å². The molecule has 19 heavy (non-hydrogen) atoms. The number of hydrogen-bond acceptors (Lipinski definition) is 2. The van der Waals surface area contributed by atoms with Crippen LogP contribution in [0.3, 0.4) is 0 Å². The number of nitrogens with zero attached hydrogens (tertiary/aromatic N) is 1. The number of para-hydroxylation sites is 1. The number of rotatable bonds is 2. The maximum atomic E-state index is 5.91. The van der Waals surface area contributed by atoms with Crippen LogP contribution in [0.1, 0.15) is 11.3 Å². The molecule has 1 heterocycles. The highest BCUT2D eigenvalue weighted by Crippen LogP contribution is 2.22. The van der Waals surface area contributed by atoms with Gasteiger partial charge in [0.25, 0.3) is 0 Å². The lowest BCUT2D eigenvalue weighted by Gasteiger charge is -1.99. The van der Waals surface area contributed by atoms with Crippen molar-refractivity contribution in [2.75, 3.05) is 5.73 Å². The molecule has 2 aromatic carbocycles. The third-order valence-electron chi connectivity index (χ3n) is 2.97. The molecule has 0 aliphatic carbocycles. The van der Waals surface area contributed by atoms with E-state index in [0.29, 0.717) is 10.7 Å². The minimum atomic E-state index is 0.639. The zero-order chi connectivity index (χ0) is 13.2. The number of anilines is 1. The molecule has 3 rings (SSSR count). The Kier molecular flexibility index (Phi) is 2.97. The van der Waals surface area contributed by atoms with E-state index in [1.807, 2.05) is 48.6 Å². The van der Waals surface area contributed by atoms with Crippen LogP contribution in [0.15, 0.2) is 42.5 Å². The number of aromatic amines is 1. The van der Waals surface area contributed by atoms with Crippen molar-refractivity contribution < 1.29 is 0 Å². The summed E-state index contributed by atoms with van der Waals surface area (Å²) < 4.78 is 0. The molecule has 3 nitrogen and oxygen atoms in total. The lowest BCUT2D eigenvalue weighted by molar-refractivity contribution is 1.11. The predicted octanol–water partition coefficient (Wildman–Crippen LogP) is 3.97. The third-order valence-corrected chi connectivity index (χ3v) is 3.20. The molecule has 94 valence electrons. The Labute approximate surface area is 115 Å². The van der Waals surface area contributed by atoms with Gasteiger partial charge in [0, 0.05) is 16.1 Å². The number of fused-ring (bicyclic) bond motifs is 1. The normalized spacial score (nSPS) is 11.4. The summed E-state index contributed by atoms with van der Waals surface area (Å²) in [7, 11) is 0. The Hall–Kier alpha value is -2.26. The van der Waals surface area contributed by atoms with Crippen LogP contribution in [0.2, 0.25) is 5.02 Å². The number of halogens is 1. The summed E-state index contributed by atoms with van der Waals surface area (Å²) >= 11 is 5.87. The Morgan fingerprint density at radius 2 is 1.95 bits per heavy atom. The zero-order valence-corrected chi connectivity index (χ0v) is 10.9. The van der Waals surface area contributed by atoms with Crippen LogP contribution in [-0.2, 0) is 0 Å². The van der Waals surface area contributed by atoms with Gasteiger partial charge in [-0.25, -0.2) is 0 Å². The molecule has 0 bridgehead atoms. The van der Waals surface area contributed by atoms with Gasteiger partial charge in [0.1, 0.15) is 0 Å². The summed E-state index contributed by atoms with van der Waals surface area (Å²) in [5.74, 6) is 0. The minimum Gasteiger partial charge on any atom is -0.398 e. The van der Waals surface area contributed by atoms with E-state index >= 15 is 0 Å². The molecule has 0 aliphatic rings. The van der Waals surface area contributed by atoms with Crippen LogP contribution in [-0.4, -0.2) is 10.2 Å². The number of aromatic nitrogens is 2. The lowest BCUT2D eigenvalue weighted by atomic mass is 10.1. The summed E-state index contributed by atoms with van der Waals surface area (Å²) in [6, 6.07) is 13.4. The highest BCUT2D eigenvalue weighted by atomic mass is 35.5. The quantitative estimate of drug-likeness (QED) is 0.692. The van der Waals surface area contributed by atoms with E-state index in [0.717, 1.165) is 22.2 Å². The largest absolute Gasteiger partial charge is 0.398 e. The standard InChI is InChI=1S/C15H12ClN3/c16-11-7-5-10(13(17)9-11)6-8-15-12-3-1-2-4-14(12)18-19-15/h1-9H,17H2,(H,18,19)/b8-6+. The molecular formula is C15H12ClN3. The van der Waals surface area contributed by atoms with Crippen LogP contribution >= 0.6 is 11.6 Å². The van der Waals surface area contributed by atoms with Crippen molar-refractivity contribution in [3.63, 3.8) is 0 Å². The number of nitrogens with one attached hydrogen (secondary N) is 1. The second-order valence-electron chi connectivity index (χ2n) is 4.26. The number of benzene rings is 2. The number of nitrogens with two attached hydrogens (primary N) is 1. The van der Waals surface area contributed by atoms with E-state index in [1.54, 1.807) is 6.07 Å². The van der Waals surface area contributed by atoms with Gasteiger partial charge in [0.05, 0.1) is 11.2 Å². The summed E-state index contributed by atoms with van der Waals surface area (Å²) in [6.45, 7) is 0. The summed E-state index contributed by atoms with van der Waals surface area (Å²) in [4.78, 5) is 0. The van der Waals surface area contributed by atoms with E-state index in [1.165, 1.54) is 0 Å². The van der Waals surface area contributed by atoms with Gasteiger partial charge in [-0.3, -0.25) is 5.10 Å². The molecule has 0 fully saturated rings. The fraction of sp³-hybridized carbons (Fsp3) is 0. The number of hydrogen-bond donors (Lipinski definition) is 2. The average molecular weight is 270 g/mol. The van der Waals surface area contributed by atoms with E-state index < -0.39 is 0 Å². The molecule has 3 N–H and O–H groups in total. The van der Waals surface area contributed by atoms with E-state index in [4.69, 9.17) is 17.3 Å². The topological polar surface area (TPSA) is 54.7 Å². The van der Waals surface area contributed by atoms with Crippen molar-refractivity contribution in [1.29, 1.82) is 0 Å². The van der Waals surface area contributed by atoms with Crippen molar-refractivity contribution in [2.45, 2.75) is 0 Å². The molecule has 0 atom stereocenters. The number of H-pyrrole nitrogens is 1. The highest BCUT2D eigenvalue weighted by Gasteiger charge is 2.01. The molecule has 0 amide bonds. The second-order valence-corrected chi connectivity index (χ2v) is 4.70. The van der Waals surface area contributed by atoms with Gasteiger partial charge in [-0.1, -0.05) is 41.9 Å². The van der Waals surface area contributed by atoms with Crippen LogP contribution in [0, 0.1) is 0 Å². The first-order chi connectivity index (χ1) is 9.24. The van der Waals surface area contributed by atoms with Crippen molar-refractivity contribution in [3.05, 3.63) is 58.7 Å². The van der Waals surface area contributed by atoms with Gasteiger partial charge in [-0.05, 0) is 29.8 Å². The molecular weight excluding hydrogens is 258 g/mol. The smallest absolute Gasteiger partial charge is 0.0927 e. The Morgan fingerprint density at radius 1 is 1.11 bits per heavy atom. The molecule has 0 unspecified atom stereocenters. The molecule has 0 saturated heterocycles. The first-order valence-electron chi connectivity index (χ1n) is 5.90. The van der Waals surface area contributed by atoms with Gasteiger partial charge in [0.2, 0.25) is 0 Å². The van der Waals surface area contributed by atoms with Crippen molar-refractivity contribution >= 4 is 40.3 Å². The molecule has 0 radical (unpaired) electrons. The van der Waals surface area contributed by atoms with Crippen LogP contribution in [0.25, 0.3) is 23.1 Å². The summed E-state index contributed by atoms with van der Waals surface area (Å²) in [5, 5.41) is 9.00. The maximum Gasteiger partial charge on any atom is 0.0927 e. The highest BCUT2D eigenvalue weighted by molar-refractivity contribution is 6.30. The Bertz CT molecular complexity index is 759. The van der Waals surface area contributed by atoms with Crippen LogP contribution in [0.5, 0.6) is 0 Å². The predicted molar refractivity (Wildman–Crippen MR) is 80.9 cm³/mol. The minimum absolute atomic E-state index is 0.639. The Morgan fingerprint density at radius 3 is 2.79 bits per heavy atom. The Balaban J connectivity index is 1.98. The van der Waals surface area contributed by atoms with Crippen molar-refractivity contribution in [3.8, 4) is 0 Å². The summed E-state index contributed by atoms with van der Waals surface area (Å²) in [5.41, 5.74) is 9.41. The fourth-order valence-electron chi connectivity index (χ4n) is 1.98. The molecule has 0 spiro atoms. The van der Waals surface area contributed by atoms with E-state index in [9.17, 15) is 0 Å². The molecule has 0 saturated carbocycles. The van der Waals surface area contributed by atoms with Crippen LogP contribution < -0.4 is 5.73 Å². The molecule has 4 heteroatoms. The fourth-order valence-corrected chi connectivity index (χ4v) is 2.16. The third kappa shape index (κ3) is 2.33. The van der Waals surface area contributed by atoms with Crippen LogP contribution in [0.4, 0.5) is 5.69 Å². The maximum absolute atomic E-state index is 5.91. The van der Waals surface area contributed by atoms with Crippen molar-refractivity contribution in [2.24, 2.45) is 0 Å². The van der Waals surface area contributed by atoms with Gasteiger partial charge in [-0.15, -0.1) is 0 Å². The van der Waals surface area contributed by atoms with Gasteiger partial charge < -0.3 is 5.73 Å². The van der Waals surface area contributed by atoms with E-state index in [2.05, 4.69) is 10.2 Å². The number of nitrogen functional groups attached to an aromatic ring is 1. The van der Waals surface area contributed by atoms with Gasteiger partial charge in [-0.2, -0.15) is 5.10 Å². The molecule has 3 aromatic rings. The second kappa shape index (κ2) is 4.78. The molecule has 1 aromatic heterocycles. The first kappa shape index (κ1) is 11.8. The SMILES string of the molecule is Nc1cc(Cl)ccc1/C=C/c1n[nH]c2ccccc12.